The van der Waals surface area contributed by atoms with Crippen molar-refractivity contribution in [1.29, 1.82) is 0 Å². The van der Waals surface area contributed by atoms with E-state index in [1.165, 1.54) is 6.07 Å². The maximum absolute atomic E-state index is 13.4. The average molecular weight is 361 g/mol. The van der Waals surface area contributed by atoms with Crippen LogP contribution in [-0.2, 0) is 6.18 Å². The molecule has 0 aliphatic heterocycles. The molecule has 4 rings (SSSR count). The van der Waals surface area contributed by atoms with E-state index in [-0.39, 0.29) is 11.2 Å². The first-order chi connectivity index (χ1) is 11.9. The SMILES string of the molecule is O=c1cc(-c2ccccc2)[nH]c2c(-c3cccs3)c(C(F)(F)F)nn12. The Morgan fingerprint density at radius 1 is 1.08 bits per heavy atom. The van der Waals surface area contributed by atoms with E-state index in [0.717, 1.165) is 15.9 Å². The number of hydrogen-bond acceptors (Lipinski definition) is 3. The van der Waals surface area contributed by atoms with Gasteiger partial charge in [-0.2, -0.15) is 22.8 Å². The fraction of sp³-hybridized carbons (Fsp3) is 0.0588. The van der Waals surface area contributed by atoms with Crippen LogP contribution >= 0.6 is 11.3 Å². The Morgan fingerprint density at radius 3 is 2.48 bits per heavy atom. The van der Waals surface area contributed by atoms with Gasteiger partial charge in [-0.05, 0) is 17.0 Å². The Kier molecular flexibility index (Phi) is 3.50. The second-order valence-corrected chi connectivity index (χ2v) is 6.29. The van der Waals surface area contributed by atoms with Crippen molar-refractivity contribution in [2.24, 2.45) is 0 Å². The van der Waals surface area contributed by atoms with Crippen molar-refractivity contribution in [1.82, 2.24) is 14.6 Å². The van der Waals surface area contributed by atoms with Crippen molar-refractivity contribution < 1.29 is 13.2 Å². The fourth-order valence-corrected chi connectivity index (χ4v) is 3.44. The van der Waals surface area contributed by atoms with E-state index in [9.17, 15) is 18.0 Å². The van der Waals surface area contributed by atoms with E-state index >= 15 is 0 Å². The fourth-order valence-electron chi connectivity index (χ4n) is 2.67. The van der Waals surface area contributed by atoms with Gasteiger partial charge in [0.2, 0.25) is 0 Å². The van der Waals surface area contributed by atoms with Gasteiger partial charge in [-0.15, -0.1) is 11.3 Å². The lowest BCUT2D eigenvalue weighted by atomic mass is 10.1. The summed E-state index contributed by atoms with van der Waals surface area (Å²) in [6.45, 7) is 0. The molecule has 3 heterocycles. The van der Waals surface area contributed by atoms with Crippen LogP contribution in [0.2, 0.25) is 0 Å². The molecule has 126 valence electrons. The van der Waals surface area contributed by atoms with Crippen molar-refractivity contribution in [2.75, 3.05) is 0 Å². The van der Waals surface area contributed by atoms with E-state index < -0.39 is 17.4 Å². The van der Waals surface area contributed by atoms with Gasteiger partial charge in [-0.3, -0.25) is 4.79 Å². The number of thiophene rings is 1. The summed E-state index contributed by atoms with van der Waals surface area (Å²) in [6.07, 6.45) is -4.67. The van der Waals surface area contributed by atoms with Gasteiger partial charge in [0.1, 0.15) is 5.65 Å². The summed E-state index contributed by atoms with van der Waals surface area (Å²) in [6, 6.07) is 13.4. The predicted octanol–water partition coefficient (Wildman–Crippen LogP) is 4.44. The minimum absolute atomic E-state index is 0.0288. The first-order valence-electron chi connectivity index (χ1n) is 7.28. The van der Waals surface area contributed by atoms with Crippen LogP contribution in [0.3, 0.4) is 0 Å². The molecule has 0 fully saturated rings. The third-order valence-electron chi connectivity index (χ3n) is 3.74. The second kappa shape index (κ2) is 5.59. The number of aromatic amines is 1. The average Bonchev–Trinajstić information content (AvgIpc) is 3.22. The van der Waals surface area contributed by atoms with Crippen LogP contribution in [0.4, 0.5) is 13.2 Å². The van der Waals surface area contributed by atoms with Crippen LogP contribution in [0.25, 0.3) is 27.3 Å². The molecule has 8 heteroatoms. The number of hydrogen-bond donors (Lipinski definition) is 1. The molecule has 0 amide bonds. The quantitative estimate of drug-likeness (QED) is 0.574. The molecule has 0 unspecified atom stereocenters. The highest BCUT2D eigenvalue weighted by molar-refractivity contribution is 7.13. The molecule has 1 aromatic carbocycles. The first kappa shape index (κ1) is 15.6. The van der Waals surface area contributed by atoms with E-state index in [1.54, 1.807) is 41.8 Å². The third kappa shape index (κ3) is 2.64. The molecule has 0 bridgehead atoms. The number of rotatable bonds is 2. The smallest absolute Gasteiger partial charge is 0.339 e. The number of halogens is 3. The number of alkyl halides is 3. The molecular weight excluding hydrogens is 351 g/mol. The molecule has 4 aromatic rings. The van der Waals surface area contributed by atoms with Gasteiger partial charge in [0.05, 0.1) is 11.3 Å². The van der Waals surface area contributed by atoms with Crippen molar-refractivity contribution in [2.45, 2.75) is 6.18 Å². The summed E-state index contributed by atoms with van der Waals surface area (Å²) >= 11 is 1.16. The highest BCUT2D eigenvalue weighted by Gasteiger charge is 2.39. The number of nitrogens with one attached hydrogen (secondary N) is 1. The second-order valence-electron chi connectivity index (χ2n) is 5.35. The lowest BCUT2D eigenvalue weighted by Gasteiger charge is -2.05. The normalized spacial score (nSPS) is 12.0. The summed E-state index contributed by atoms with van der Waals surface area (Å²) < 4.78 is 41.1. The van der Waals surface area contributed by atoms with Gasteiger partial charge in [0, 0.05) is 10.9 Å². The van der Waals surface area contributed by atoms with Gasteiger partial charge in [-0.25, -0.2) is 0 Å². The van der Waals surface area contributed by atoms with Crippen LogP contribution in [0, 0.1) is 0 Å². The number of nitrogens with zero attached hydrogens (tertiary/aromatic N) is 2. The molecular formula is C17H10F3N3OS. The molecule has 0 saturated carbocycles. The molecule has 0 radical (unpaired) electrons. The predicted molar refractivity (Wildman–Crippen MR) is 89.6 cm³/mol. The standard InChI is InChI=1S/C17H10F3N3OS/c18-17(19,20)15-14(12-7-4-8-25-12)16-21-11(9-13(24)23(16)22-15)10-5-2-1-3-6-10/h1-9,21H. The molecule has 1 N–H and O–H groups in total. The molecule has 0 atom stereocenters. The van der Waals surface area contributed by atoms with Crippen LogP contribution in [-0.4, -0.2) is 14.6 Å². The van der Waals surface area contributed by atoms with Gasteiger partial charge in [0.15, 0.2) is 5.69 Å². The number of benzene rings is 1. The molecule has 25 heavy (non-hydrogen) atoms. The molecule has 0 saturated heterocycles. The summed E-state index contributed by atoms with van der Waals surface area (Å²) in [5.41, 5.74) is -0.647. The largest absolute Gasteiger partial charge is 0.435 e. The highest BCUT2D eigenvalue weighted by Crippen LogP contribution is 2.39. The van der Waals surface area contributed by atoms with Gasteiger partial charge in [0.25, 0.3) is 5.56 Å². The van der Waals surface area contributed by atoms with Gasteiger partial charge < -0.3 is 4.98 Å². The monoisotopic (exact) mass is 361 g/mol. The molecule has 0 aliphatic rings. The summed E-state index contributed by atoms with van der Waals surface area (Å²) in [7, 11) is 0. The van der Waals surface area contributed by atoms with Crippen LogP contribution in [0.15, 0.2) is 58.7 Å². The molecule has 0 spiro atoms. The Balaban J connectivity index is 2.08. The zero-order valence-electron chi connectivity index (χ0n) is 12.5. The Morgan fingerprint density at radius 2 is 1.84 bits per heavy atom. The molecule has 0 aliphatic carbocycles. The van der Waals surface area contributed by atoms with E-state index in [0.29, 0.717) is 16.1 Å². The highest BCUT2D eigenvalue weighted by atomic mass is 32.1. The maximum atomic E-state index is 13.4. The Labute approximate surface area is 143 Å². The zero-order chi connectivity index (χ0) is 17.6. The Hall–Kier alpha value is -2.87. The van der Waals surface area contributed by atoms with Crippen LogP contribution in [0.5, 0.6) is 0 Å². The topological polar surface area (TPSA) is 50.2 Å². The van der Waals surface area contributed by atoms with E-state index in [2.05, 4.69) is 10.1 Å². The number of aromatic nitrogens is 3. The number of fused-ring (bicyclic) bond motifs is 1. The maximum Gasteiger partial charge on any atom is 0.435 e. The van der Waals surface area contributed by atoms with Crippen molar-refractivity contribution in [3.05, 3.63) is 70.0 Å². The lowest BCUT2D eigenvalue weighted by Crippen LogP contribution is -2.15. The minimum atomic E-state index is -4.67. The lowest BCUT2D eigenvalue weighted by molar-refractivity contribution is -0.140. The van der Waals surface area contributed by atoms with E-state index in [1.807, 2.05) is 6.07 Å². The summed E-state index contributed by atoms with van der Waals surface area (Å²) in [5, 5.41) is 5.21. The van der Waals surface area contributed by atoms with Gasteiger partial charge in [-0.1, -0.05) is 36.4 Å². The third-order valence-corrected chi connectivity index (χ3v) is 4.62. The first-order valence-corrected chi connectivity index (χ1v) is 8.15. The summed E-state index contributed by atoms with van der Waals surface area (Å²) in [5.74, 6) is 0. The molecule has 4 nitrogen and oxygen atoms in total. The minimum Gasteiger partial charge on any atom is -0.339 e. The zero-order valence-corrected chi connectivity index (χ0v) is 13.4. The van der Waals surface area contributed by atoms with E-state index in [4.69, 9.17) is 0 Å². The van der Waals surface area contributed by atoms with Crippen molar-refractivity contribution in [3.63, 3.8) is 0 Å². The van der Waals surface area contributed by atoms with Crippen molar-refractivity contribution >= 4 is 17.0 Å². The van der Waals surface area contributed by atoms with Crippen molar-refractivity contribution in [3.8, 4) is 21.7 Å². The number of H-pyrrole nitrogens is 1. The Bertz CT molecular complexity index is 1100. The summed E-state index contributed by atoms with van der Waals surface area (Å²) in [4.78, 5) is 15.7. The van der Waals surface area contributed by atoms with Gasteiger partial charge >= 0.3 is 6.18 Å². The molecule has 3 aromatic heterocycles. The van der Waals surface area contributed by atoms with Crippen LogP contribution < -0.4 is 5.56 Å². The van der Waals surface area contributed by atoms with Crippen LogP contribution in [0.1, 0.15) is 5.69 Å².